The summed E-state index contributed by atoms with van der Waals surface area (Å²) in [5.41, 5.74) is 0.0372. The van der Waals surface area contributed by atoms with Gasteiger partial charge in [0.15, 0.2) is 0 Å². The molecular formula is C14H23NO5. The first-order chi connectivity index (χ1) is 9.37. The van der Waals surface area contributed by atoms with E-state index in [1.807, 2.05) is 0 Å². The Morgan fingerprint density at radius 1 is 1.10 bits per heavy atom. The molecule has 6 nitrogen and oxygen atoms in total. The molecule has 5 atom stereocenters. The minimum Gasteiger partial charge on any atom is -0.447 e. The number of hydrogen-bond acceptors (Lipinski definition) is 5. The Labute approximate surface area is 119 Å². The van der Waals surface area contributed by atoms with Crippen LogP contribution in [0.2, 0.25) is 0 Å². The lowest BCUT2D eigenvalue weighted by atomic mass is 10.0. The standard InChI is InChI=1S/C14H23NO5/c1-14(2)12(20-14)6-10-8(18-10)5-9-11(19-9)7-17-13(16)15(3)4/h8-12H,5-7H2,1-4H3/t8-,9-,10-,11-,12-/m1/s1. The largest absolute Gasteiger partial charge is 0.447 e. The van der Waals surface area contributed by atoms with E-state index in [2.05, 4.69) is 13.8 Å². The minimum atomic E-state index is -0.326. The second-order valence-electron chi connectivity index (χ2n) is 6.58. The SMILES string of the molecule is CN(C)C(=O)OC[C@H]1O[C@@H]1C[C@H]1O[C@@H]1C[C@H]1OC1(C)C. The van der Waals surface area contributed by atoms with Gasteiger partial charge in [0.2, 0.25) is 0 Å². The number of carbonyl (C=O) groups excluding carboxylic acids is 1. The molecule has 0 aliphatic carbocycles. The van der Waals surface area contributed by atoms with Gasteiger partial charge in [-0.05, 0) is 13.8 Å². The van der Waals surface area contributed by atoms with E-state index in [0.29, 0.717) is 18.8 Å². The lowest BCUT2D eigenvalue weighted by Gasteiger charge is -2.09. The van der Waals surface area contributed by atoms with Crippen LogP contribution in [0.3, 0.4) is 0 Å². The van der Waals surface area contributed by atoms with Gasteiger partial charge in [-0.25, -0.2) is 4.79 Å². The summed E-state index contributed by atoms with van der Waals surface area (Å²) in [4.78, 5) is 12.7. The first-order valence-electron chi connectivity index (χ1n) is 7.19. The molecule has 114 valence electrons. The average Bonchev–Trinajstić information content (AvgIpc) is 3.27. The molecule has 0 spiro atoms. The van der Waals surface area contributed by atoms with Gasteiger partial charge in [-0.3, -0.25) is 0 Å². The van der Waals surface area contributed by atoms with Crippen molar-refractivity contribution in [3.05, 3.63) is 0 Å². The van der Waals surface area contributed by atoms with E-state index in [1.54, 1.807) is 14.1 Å². The zero-order valence-corrected chi connectivity index (χ0v) is 12.5. The van der Waals surface area contributed by atoms with Crippen molar-refractivity contribution in [2.24, 2.45) is 0 Å². The van der Waals surface area contributed by atoms with Gasteiger partial charge in [0.05, 0.1) is 30.0 Å². The van der Waals surface area contributed by atoms with E-state index in [-0.39, 0.29) is 30.0 Å². The molecule has 3 fully saturated rings. The van der Waals surface area contributed by atoms with Crippen molar-refractivity contribution < 1.29 is 23.7 Å². The smallest absolute Gasteiger partial charge is 0.409 e. The summed E-state index contributed by atoms with van der Waals surface area (Å²) in [5, 5.41) is 0. The highest BCUT2D eigenvalue weighted by molar-refractivity contribution is 5.66. The van der Waals surface area contributed by atoms with Crippen LogP contribution < -0.4 is 0 Å². The molecule has 0 aromatic carbocycles. The van der Waals surface area contributed by atoms with E-state index in [4.69, 9.17) is 18.9 Å². The van der Waals surface area contributed by atoms with E-state index in [0.717, 1.165) is 12.8 Å². The number of rotatable bonds is 6. The van der Waals surface area contributed by atoms with Crippen LogP contribution >= 0.6 is 0 Å². The highest BCUT2D eigenvalue weighted by Crippen LogP contribution is 2.44. The van der Waals surface area contributed by atoms with Gasteiger partial charge in [-0.1, -0.05) is 0 Å². The third-order valence-corrected chi connectivity index (χ3v) is 4.19. The maximum atomic E-state index is 11.3. The molecule has 6 heteroatoms. The summed E-state index contributed by atoms with van der Waals surface area (Å²) < 4.78 is 21.8. The molecule has 3 aliphatic heterocycles. The predicted molar refractivity (Wildman–Crippen MR) is 70.5 cm³/mol. The van der Waals surface area contributed by atoms with Crippen molar-refractivity contribution in [3.63, 3.8) is 0 Å². The Kier molecular flexibility index (Phi) is 3.43. The van der Waals surface area contributed by atoms with Crippen LogP contribution in [0.15, 0.2) is 0 Å². The van der Waals surface area contributed by atoms with Gasteiger partial charge in [-0.15, -0.1) is 0 Å². The molecule has 3 aliphatic rings. The molecule has 0 aromatic heterocycles. The molecule has 0 saturated carbocycles. The highest BCUT2D eigenvalue weighted by Gasteiger charge is 2.55. The van der Waals surface area contributed by atoms with Crippen LogP contribution in [0.25, 0.3) is 0 Å². The zero-order chi connectivity index (χ0) is 14.5. The fourth-order valence-electron chi connectivity index (χ4n) is 2.51. The molecule has 0 aromatic rings. The molecule has 0 radical (unpaired) electrons. The molecule has 1 amide bonds. The minimum absolute atomic E-state index is 0.0372. The zero-order valence-electron chi connectivity index (χ0n) is 12.5. The first kappa shape index (κ1) is 14.1. The van der Waals surface area contributed by atoms with Crippen molar-refractivity contribution >= 4 is 6.09 Å². The number of ether oxygens (including phenoxy) is 4. The lowest BCUT2D eigenvalue weighted by molar-refractivity contribution is 0.110. The quantitative estimate of drug-likeness (QED) is 0.685. The van der Waals surface area contributed by atoms with Crippen molar-refractivity contribution in [1.29, 1.82) is 0 Å². The second kappa shape index (κ2) is 4.86. The Bertz CT molecular complexity index is 397. The second-order valence-corrected chi connectivity index (χ2v) is 6.58. The van der Waals surface area contributed by atoms with E-state index in [9.17, 15) is 4.79 Å². The van der Waals surface area contributed by atoms with Crippen molar-refractivity contribution in [3.8, 4) is 0 Å². The first-order valence-corrected chi connectivity index (χ1v) is 7.19. The summed E-state index contributed by atoms with van der Waals surface area (Å²) in [7, 11) is 3.33. The van der Waals surface area contributed by atoms with Gasteiger partial charge >= 0.3 is 6.09 Å². The van der Waals surface area contributed by atoms with Gasteiger partial charge < -0.3 is 23.8 Å². The highest BCUT2D eigenvalue weighted by atomic mass is 16.6. The third-order valence-electron chi connectivity index (χ3n) is 4.19. The molecular weight excluding hydrogens is 262 g/mol. The van der Waals surface area contributed by atoms with Crippen LogP contribution in [0.1, 0.15) is 26.7 Å². The number of hydrogen-bond donors (Lipinski definition) is 0. The number of epoxide rings is 3. The van der Waals surface area contributed by atoms with Crippen LogP contribution in [0.4, 0.5) is 4.79 Å². The molecule has 3 rings (SSSR count). The van der Waals surface area contributed by atoms with Crippen molar-refractivity contribution in [2.45, 2.75) is 62.8 Å². The van der Waals surface area contributed by atoms with Crippen LogP contribution in [0.5, 0.6) is 0 Å². The van der Waals surface area contributed by atoms with Gasteiger partial charge in [0.25, 0.3) is 0 Å². The Morgan fingerprint density at radius 3 is 2.25 bits per heavy atom. The molecule has 0 unspecified atom stereocenters. The van der Waals surface area contributed by atoms with Gasteiger partial charge in [-0.2, -0.15) is 0 Å². The van der Waals surface area contributed by atoms with Crippen LogP contribution in [0, 0.1) is 0 Å². The fraction of sp³-hybridized carbons (Fsp3) is 0.929. The summed E-state index contributed by atoms with van der Waals surface area (Å²) in [6, 6.07) is 0. The Morgan fingerprint density at radius 2 is 1.65 bits per heavy atom. The predicted octanol–water partition coefficient (Wildman–Crippen LogP) is 1.18. The summed E-state index contributed by atoms with van der Waals surface area (Å²) in [5.74, 6) is 0. The fourth-order valence-corrected chi connectivity index (χ4v) is 2.51. The van der Waals surface area contributed by atoms with Crippen LogP contribution in [-0.4, -0.2) is 67.8 Å². The van der Waals surface area contributed by atoms with Gasteiger partial charge in [0.1, 0.15) is 12.7 Å². The molecule has 0 N–H and O–H groups in total. The normalized spacial score (nSPS) is 40.1. The Balaban J connectivity index is 1.28. The maximum Gasteiger partial charge on any atom is 0.409 e. The number of nitrogens with zero attached hydrogens (tertiary/aromatic N) is 1. The molecule has 0 bridgehead atoms. The van der Waals surface area contributed by atoms with Crippen LogP contribution in [-0.2, 0) is 18.9 Å². The number of amides is 1. The number of carbonyl (C=O) groups is 1. The van der Waals surface area contributed by atoms with E-state index < -0.39 is 0 Å². The summed E-state index contributed by atoms with van der Waals surface area (Å²) in [6.45, 7) is 4.54. The molecule has 20 heavy (non-hydrogen) atoms. The summed E-state index contributed by atoms with van der Waals surface area (Å²) >= 11 is 0. The summed E-state index contributed by atoms with van der Waals surface area (Å²) in [6.07, 6.45) is 2.70. The monoisotopic (exact) mass is 285 g/mol. The molecule has 3 heterocycles. The average molecular weight is 285 g/mol. The van der Waals surface area contributed by atoms with E-state index >= 15 is 0 Å². The topological polar surface area (TPSA) is 67.1 Å². The van der Waals surface area contributed by atoms with Gasteiger partial charge in [0, 0.05) is 26.9 Å². The Hall–Kier alpha value is -0.850. The van der Waals surface area contributed by atoms with Crippen molar-refractivity contribution in [1.82, 2.24) is 4.90 Å². The molecule has 3 saturated heterocycles. The third kappa shape index (κ3) is 3.24. The maximum absolute atomic E-state index is 11.3. The lowest BCUT2D eigenvalue weighted by Crippen LogP contribution is -2.24. The van der Waals surface area contributed by atoms with E-state index in [1.165, 1.54) is 4.90 Å². The van der Waals surface area contributed by atoms with Crippen molar-refractivity contribution in [2.75, 3.05) is 20.7 Å².